The summed E-state index contributed by atoms with van der Waals surface area (Å²) < 4.78 is 27.5. The molecule has 5 rings (SSSR count). The van der Waals surface area contributed by atoms with Gasteiger partial charge in [-0.15, -0.1) is 11.3 Å². The number of fused-ring (bicyclic) bond motifs is 1. The first-order chi connectivity index (χ1) is 15.5. The lowest BCUT2D eigenvalue weighted by atomic mass is 9.96. The number of benzene rings is 1. The van der Waals surface area contributed by atoms with Crippen LogP contribution in [-0.2, 0) is 21.2 Å². The molecule has 3 aliphatic rings. The third kappa shape index (κ3) is 3.97. The van der Waals surface area contributed by atoms with Gasteiger partial charge in [-0.2, -0.15) is 9.57 Å². The van der Waals surface area contributed by atoms with Crippen molar-refractivity contribution in [3.63, 3.8) is 0 Å². The Morgan fingerprint density at radius 3 is 2.56 bits per heavy atom. The normalized spacial score (nSPS) is 22.3. The summed E-state index contributed by atoms with van der Waals surface area (Å²) in [5.41, 5.74) is 1.55. The van der Waals surface area contributed by atoms with E-state index in [4.69, 9.17) is 0 Å². The first-order valence-electron chi connectivity index (χ1n) is 11.1. The molecule has 2 aromatic rings. The van der Waals surface area contributed by atoms with Gasteiger partial charge in [-0.1, -0.05) is 12.1 Å². The van der Waals surface area contributed by atoms with E-state index in [1.165, 1.54) is 39.7 Å². The Labute approximate surface area is 192 Å². The molecule has 9 heteroatoms. The third-order valence-electron chi connectivity index (χ3n) is 6.74. The van der Waals surface area contributed by atoms with Gasteiger partial charge in [0, 0.05) is 43.6 Å². The molecule has 1 atom stereocenters. The number of amides is 1. The standard InChI is InChI=1S/C23H26N4O3S2/c24-15-18-3-1-2-4-21(18)32(29,30)27-12-10-25(11-13-27)22(28)16-26-9-7-20-19(8-14-31-20)23(26)17-5-6-17/h1-4,8,14,17,23H,5-7,9-13,16H2. The number of sulfonamides is 1. The van der Waals surface area contributed by atoms with Gasteiger partial charge in [0.2, 0.25) is 15.9 Å². The van der Waals surface area contributed by atoms with E-state index in [0.29, 0.717) is 31.6 Å². The van der Waals surface area contributed by atoms with Crippen LogP contribution in [0.1, 0.15) is 34.9 Å². The summed E-state index contributed by atoms with van der Waals surface area (Å²) in [6.45, 7) is 2.53. The monoisotopic (exact) mass is 470 g/mol. The van der Waals surface area contributed by atoms with Crippen LogP contribution in [0.2, 0.25) is 0 Å². The number of carbonyl (C=O) groups excluding carboxylic acids is 1. The van der Waals surface area contributed by atoms with E-state index in [1.807, 2.05) is 17.4 Å². The maximum absolute atomic E-state index is 13.1. The highest BCUT2D eigenvalue weighted by molar-refractivity contribution is 7.89. The minimum Gasteiger partial charge on any atom is -0.339 e. The number of piperazine rings is 1. The summed E-state index contributed by atoms with van der Waals surface area (Å²) in [4.78, 5) is 18.7. The van der Waals surface area contributed by atoms with Crippen LogP contribution in [0.3, 0.4) is 0 Å². The lowest BCUT2D eigenvalue weighted by Gasteiger charge is -2.39. The number of nitrogens with zero attached hydrogens (tertiary/aromatic N) is 4. The molecule has 7 nitrogen and oxygen atoms in total. The average molecular weight is 471 g/mol. The van der Waals surface area contributed by atoms with E-state index >= 15 is 0 Å². The number of nitriles is 1. The van der Waals surface area contributed by atoms with Crippen molar-refractivity contribution in [1.29, 1.82) is 5.26 Å². The molecular weight excluding hydrogens is 444 g/mol. The van der Waals surface area contributed by atoms with E-state index < -0.39 is 10.0 Å². The van der Waals surface area contributed by atoms with Gasteiger partial charge >= 0.3 is 0 Å². The van der Waals surface area contributed by atoms with Crippen molar-refractivity contribution < 1.29 is 13.2 Å². The molecular formula is C23H26N4O3S2. The second-order valence-corrected chi connectivity index (χ2v) is 11.6. The first-order valence-corrected chi connectivity index (χ1v) is 13.4. The summed E-state index contributed by atoms with van der Waals surface area (Å²) in [5, 5.41) is 11.4. The van der Waals surface area contributed by atoms with Crippen molar-refractivity contribution in [3.05, 3.63) is 51.7 Å². The molecule has 168 valence electrons. The Balaban J connectivity index is 1.23. The van der Waals surface area contributed by atoms with Crippen molar-refractivity contribution >= 4 is 27.3 Å². The zero-order valence-corrected chi connectivity index (χ0v) is 19.4. The SMILES string of the molecule is N#Cc1ccccc1S(=O)(=O)N1CCN(C(=O)CN2CCc3sccc3C2C2CC2)CC1. The van der Waals surface area contributed by atoms with Gasteiger partial charge < -0.3 is 4.90 Å². The fraction of sp³-hybridized carbons (Fsp3) is 0.478. The largest absolute Gasteiger partial charge is 0.339 e. The molecule has 1 unspecified atom stereocenters. The van der Waals surface area contributed by atoms with Crippen molar-refractivity contribution in [1.82, 2.24) is 14.1 Å². The molecule has 0 radical (unpaired) electrons. The molecule has 1 saturated carbocycles. The lowest BCUT2D eigenvalue weighted by Crippen LogP contribution is -2.53. The quantitative estimate of drug-likeness (QED) is 0.670. The molecule has 2 fully saturated rings. The maximum atomic E-state index is 13.1. The number of carbonyl (C=O) groups is 1. The van der Waals surface area contributed by atoms with Crippen LogP contribution in [0.25, 0.3) is 0 Å². The molecule has 1 aromatic heterocycles. The Bertz CT molecular complexity index is 1160. The molecule has 2 aliphatic heterocycles. The summed E-state index contributed by atoms with van der Waals surface area (Å²) in [6, 6.07) is 10.8. The second-order valence-electron chi connectivity index (χ2n) is 8.69. The molecule has 1 amide bonds. The van der Waals surface area contributed by atoms with Crippen molar-refractivity contribution in [2.45, 2.75) is 30.2 Å². The Morgan fingerprint density at radius 2 is 1.84 bits per heavy atom. The lowest BCUT2D eigenvalue weighted by molar-refractivity contribution is -0.134. The number of hydrogen-bond donors (Lipinski definition) is 0. The Hall–Kier alpha value is -2.25. The summed E-state index contributed by atoms with van der Waals surface area (Å²) in [7, 11) is -3.76. The Morgan fingerprint density at radius 1 is 1.09 bits per heavy atom. The van der Waals surface area contributed by atoms with Gasteiger partial charge in [0.05, 0.1) is 17.0 Å². The summed E-state index contributed by atoms with van der Waals surface area (Å²) >= 11 is 1.82. The van der Waals surface area contributed by atoms with Crippen molar-refractivity contribution in [2.75, 3.05) is 39.3 Å². The van der Waals surface area contributed by atoms with Gasteiger partial charge in [-0.05, 0) is 54.3 Å². The van der Waals surface area contributed by atoms with Crippen LogP contribution in [0.4, 0.5) is 0 Å². The predicted molar refractivity (Wildman–Crippen MR) is 122 cm³/mol. The zero-order valence-electron chi connectivity index (χ0n) is 17.8. The van der Waals surface area contributed by atoms with Gasteiger partial charge in [-0.25, -0.2) is 8.42 Å². The van der Waals surface area contributed by atoms with Crippen LogP contribution in [-0.4, -0.2) is 67.7 Å². The molecule has 0 spiro atoms. The highest BCUT2D eigenvalue weighted by atomic mass is 32.2. The summed E-state index contributed by atoms with van der Waals surface area (Å²) in [6.07, 6.45) is 3.45. The van der Waals surface area contributed by atoms with Crippen molar-refractivity contribution in [2.24, 2.45) is 5.92 Å². The highest BCUT2D eigenvalue weighted by Gasteiger charge is 2.41. The minimum atomic E-state index is -3.76. The minimum absolute atomic E-state index is 0.0365. The summed E-state index contributed by atoms with van der Waals surface area (Å²) in [5.74, 6) is 0.724. The average Bonchev–Trinajstić information content (AvgIpc) is 3.54. The van der Waals surface area contributed by atoms with E-state index in [0.717, 1.165) is 13.0 Å². The highest BCUT2D eigenvalue weighted by Crippen LogP contribution is 2.48. The topological polar surface area (TPSA) is 84.7 Å². The molecule has 1 saturated heterocycles. The van der Waals surface area contributed by atoms with Gasteiger partial charge in [0.15, 0.2) is 0 Å². The van der Waals surface area contributed by atoms with E-state index in [1.54, 1.807) is 17.0 Å². The van der Waals surface area contributed by atoms with Gasteiger partial charge in [0.25, 0.3) is 0 Å². The van der Waals surface area contributed by atoms with Gasteiger partial charge in [0.1, 0.15) is 6.07 Å². The van der Waals surface area contributed by atoms with E-state index in [-0.39, 0.29) is 29.5 Å². The molecule has 1 aromatic carbocycles. The third-order valence-corrected chi connectivity index (χ3v) is 9.69. The van der Waals surface area contributed by atoms with Crippen molar-refractivity contribution in [3.8, 4) is 6.07 Å². The number of hydrogen-bond acceptors (Lipinski definition) is 6. The number of thiophene rings is 1. The van der Waals surface area contributed by atoms with Crippen LogP contribution in [0.5, 0.6) is 0 Å². The maximum Gasteiger partial charge on any atom is 0.244 e. The smallest absolute Gasteiger partial charge is 0.244 e. The fourth-order valence-electron chi connectivity index (χ4n) is 4.91. The van der Waals surface area contributed by atoms with E-state index in [9.17, 15) is 18.5 Å². The van der Waals surface area contributed by atoms with Crippen LogP contribution in [0, 0.1) is 17.2 Å². The van der Waals surface area contributed by atoms with Crippen LogP contribution >= 0.6 is 11.3 Å². The van der Waals surface area contributed by atoms with E-state index in [2.05, 4.69) is 16.3 Å². The predicted octanol–water partition coefficient (Wildman–Crippen LogP) is 2.46. The Kier molecular flexibility index (Phi) is 5.80. The van der Waals surface area contributed by atoms with Gasteiger partial charge in [-0.3, -0.25) is 9.69 Å². The molecule has 1 aliphatic carbocycles. The zero-order chi connectivity index (χ0) is 22.3. The molecule has 32 heavy (non-hydrogen) atoms. The molecule has 0 bridgehead atoms. The second kappa shape index (κ2) is 8.60. The number of rotatable bonds is 5. The van der Waals surface area contributed by atoms with Crippen LogP contribution in [0.15, 0.2) is 40.6 Å². The van der Waals surface area contributed by atoms with Crippen LogP contribution < -0.4 is 0 Å². The fourth-order valence-corrected chi connectivity index (χ4v) is 7.39. The molecule has 0 N–H and O–H groups in total. The molecule has 3 heterocycles. The first kappa shape index (κ1) is 21.6.